The van der Waals surface area contributed by atoms with Crippen LogP contribution in [0, 0.1) is 5.92 Å². The van der Waals surface area contributed by atoms with Crippen molar-refractivity contribution < 1.29 is 9.53 Å². The maximum atomic E-state index is 11.5. The largest absolute Gasteiger partial charge is 0.379 e. The molecule has 0 bridgehead atoms. The Balaban J connectivity index is 0.00000288. The van der Waals surface area contributed by atoms with Gasteiger partial charge in [-0.2, -0.15) is 0 Å². The molecular weight excluding hydrogens is 421 g/mol. The normalized spacial score (nSPS) is 22.4. The highest BCUT2D eigenvalue weighted by atomic mass is 127. The van der Waals surface area contributed by atoms with Gasteiger partial charge in [-0.05, 0) is 6.42 Å². The predicted octanol–water partition coefficient (Wildman–Crippen LogP) is 0.359. The average molecular weight is 453 g/mol. The SMILES string of the molecule is CN=C(NCCNC(=O)C(C)C)N1CCC(N2CCOCC2)C1.I. The Morgan fingerprint density at radius 1 is 1.21 bits per heavy atom. The summed E-state index contributed by atoms with van der Waals surface area (Å²) in [5.74, 6) is 1.05. The molecule has 2 fully saturated rings. The van der Waals surface area contributed by atoms with Crippen LogP contribution in [0.15, 0.2) is 4.99 Å². The van der Waals surface area contributed by atoms with Gasteiger partial charge < -0.3 is 20.3 Å². The van der Waals surface area contributed by atoms with E-state index in [0.717, 1.165) is 45.4 Å². The Bertz CT molecular complexity index is 413. The summed E-state index contributed by atoms with van der Waals surface area (Å²) in [6.07, 6.45) is 1.17. The second kappa shape index (κ2) is 11.1. The Morgan fingerprint density at radius 2 is 1.88 bits per heavy atom. The van der Waals surface area contributed by atoms with Crippen LogP contribution in [0.25, 0.3) is 0 Å². The number of rotatable bonds is 5. The molecule has 2 N–H and O–H groups in total. The van der Waals surface area contributed by atoms with Crippen LogP contribution in [0.1, 0.15) is 20.3 Å². The molecule has 0 aromatic heterocycles. The first-order valence-corrected chi connectivity index (χ1v) is 8.67. The van der Waals surface area contributed by atoms with Crippen LogP contribution < -0.4 is 10.6 Å². The first-order valence-electron chi connectivity index (χ1n) is 8.67. The third-order valence-electron chi connectivity index (χ3n) is 4.47. The maximum Gasteiger partial charge on any atom is 0.222 e. The maximum absolute atomic E-state index is 11.5. The number of carbonyl (C=O) groups is 1. The lowest BCUT2D eigenvalue weighted by atomic mass is 10.2. The number of halogens is 1. The summed E-state index contributed by atoms with van der Waals surface area (Å²) in [6, 6.07) is 0.595. The lowest BCUT2D eigenvalue weighted by molar-refractivity contribution is -0.123. The van der Waals surface area contributed by atoms with Gasteiger partial charge in [0.25, 0.3) is 0 Å². The van der Waals surface area contributed by atoms with E-state index in [1.807, 2.05) is 20.9 Å². The molecule has 1 atom stereocenters. The third-order valence-corrected chi connectivity index (χ3v) is 4.47. The molecule has 0 radical (unpaired) electrons. The summed E-state index contributed by atoms with van der Waals surface area (Å²) < 4.78 is 5.43. The number of hydrogen-bond donors (Lipinski definition) is 2. The fourth-order valence-corrected chi connectivity index (χ4v) is 3.07. The van der Waals surface area contributed by atoms with Crippen LogP contribution in [-0.2, 0) is 9.53 Å². The van der Waals surface area contributed by atoms with Crippen molar-refractivity contribution in [1.82, 2.24) is 20.4 Å². The molecule has 2 rings (SSSR count). The molecule has 8 heteroatoms. The molecule has 0 aliphatic carbocycles. The van der Waals surface area contributed by atoms with Crippen LogP contribution in [0.3, 0.4) is 0 Å². The summed E-state index contributed by atoms with van der Waals surface area (Å²) >= 11 is 0. The number of hydrogen-bond acceptors (Lipinski definition) is 4. The molecule has 0 aromatic rings. The highest BCUT2D eigenvalue weighted by Gasteiger charge is 2.30. The van der Waals surface area contributed by atoms with E-state index in [1.54, 1.807) is 0 Å². The summed E-state index contributed by atoms with van der Waals surface area (Å²) in [5, 5.41) is 6.26. The minimum atomic E-state index is 0. The summed E-state index contributed by atoms with van der Waals surface area (Å²) in [4.78, 5) is 20.8. The van der Waals surface area contributed by atoms with E-state index in [9.17, 15) is 4.79 Å². The van der Waals surface area contributed by atoms with Crippen molar-refractivity contribution in [3.05, 3.63) is 0 Å². The number of guanidine groups is 1. The topological polar surface area (TPSA) is 69.2 Å². The number of ether oxygens (including phenoxy) is 1. The van der Waals surface area contributed by atoms with Gasteiger partial charge in [0.1, 0.15) is 0 Å². The molecule has 140 valence electrons. The van der Waals surface area contributed by atoms with Crippen molar-refractivity contribution in [2.75, 3.05) is 59.5 Å². The number of likely N-dealkylation sites (tertiary alicyclic amines) is 1. The van der Waals surface area contributed by atoms with Crippen LogP contribution in [0.5, 0.6) is 0 Å². The number of carbonyl (C=O) groups excluding carboxylic acids is 1. The van der Waals surface area contributed by atoms with E-state index in [4.69, 9.17) is 4.74 Å². The molecule has 1 unspecified atom stereocenters. The van der Waals surface area contributed by atoms with Crippen molar-refractivity contribution in [3.8, 4) is 0 Å². The third kappa shape index (κ3) is 6.36. The van der Waals surface area contributed by atoms with Crippen molar-refractivity contribution in [1.29, 1.82) is 0 Å². The molecule has 2 aliphatic rings. The van der Waals surface area contributed by atoms with Gasteiger partial charge in [-0.15, -0.1) is 24.0 Å². The van der Waals surface area contributed by atoms with Gasteiger partial charge in [-0.1, -0.05) is 13.8 Å². The van der Waals surface area contributed by atoms with Gasteiger partial charge in [-0.25, -0.2) is 0 Å². The number of nitrogens with zero attached hydrogens (tertiary/aromatic N) is 3. The average Bonchev–Trinajstić information content (AvgIpc) is 3.05. The van der Waals surface area contributed by atoms with Crippen LogP contribution in [0.4, 0.5) is 0 Å². The smallest absolute Gasteiger partial charge is 0.222 e. The van der Waals surface area contributed by atoms with E-state index in [0.29, 0.717) is 19.1 Å². The molecule has 0 spiro atoms. The number of morpholine rings is 1. The van der Waals surface area contributed by atoms with Crippen molar-refractivity contribution >= 4 is 35.8 Å². The van der Waals surface area contributed by atoms with Crippen molar-refractivity contribution in [2.45, 2.75) is 26.3 Å². The zero-order valence-corrected chi connectivity index (χ0v) is 17.4. The minimum absolute atomic E-state index is 0. The Hall–Kier alpha value is -0.610. The van der Waals surface area contributed by atoms with E-state index in [-0.39, 0.29) is 35.8 Å². The lowest BCUT2D eigenvalue weighted by Gasteiger charge is -2.32. The van der Waals surface area contributed by atoms with Gasteiger partial charge >= 0.3 is 0 Å². The number of aliphatic imine (C=N–C) groups is 1. The molecule has 2 aliphatic heterocycles. The zero-order valence-electron chi connectivity index (χ0n) is 15.1. The lowest BCUT2D eigenvalue weighted by Crippen LogP contribution is -2.47. The van der Waals surface area contributed by atoms with E-state index >= 15 is 0 Å². The van der Waals surface area contributed by atoms with Crippen molar-refractivity contribution in [3.63, 3.8) is 0 Å². The zero-order chi connectivity index (χ0) is 16.7. The number of nitrogens with one attached hydrogen (secondary N) is 2. The first-order chi connectivity index (χ1) is 11.1. The molecule has 7 nitrogen and oxygen atoms in total. The molecule has 1 amide bonds. The Morgan fingerprint density at radius 3 is 2.50 bits per heavy atom. The molecule has 0 saturated carbocycles. The van der Waals surface area contributed by atoms with Gasteiger partial charge in [-0.3, -0.25) is 14.7 Å². The minimum Gasteiger partial charge on any atom is -0.379 e. The fourth-order valence-electron chi connectivity index (χ4n) is 3.07. The quantitative estimate of drug-likeness (QED) is 0.272. The van der Waals surface area contributed by atoms with Crippen LogP contribution in [0.2, 0.25) is 0 Å². The van der Waals surface area contributed by atoms with Gasteiger partial charge in [0.15, 0.2) is 5.96 Å². The van der Waals surface area contributed by atoms with E-state index in [2.05, 4.69) is 25.4 Å². The van der Waals surface area contributed by atoms with Gasteiger partial charge in [0.05, 0.1) is 13.2 Å². The van der Waals surface area contributed by atoms with E-state index in [1.165, 1.54) is 6.42 Å². The molecule has 2 heterocycles. The van der Waals surface area contributed by atoms with Gasteiger partial charge in [0.2, 0.25) is 5.91 Å². The molecular formula is C16H32IN5O2. The second-order valence-electron chi connectivity index (χ2n) is 6.46. The Kier molecular flexibility index (Phi) is 9.91. The molecule has 2 saturated heterocycles. The monoisotopic (exact) mass is 453 g/mol. The highest BCUT2D eigenvalue weighted by Crippen LogP contribution is 2.16. The first kappa shape index (κ1) is 21.4. The molecule has 0 aromatic carbocycles. The molecule has 24 heavy (non-hydrogen) atoms. The Labute approximate surface area is 162 Å². The van der Waals surface area contributed by atoms with Gasteiger partial charge in [0, 0.05) is 58.3 Å². The number of amides is 1. The highest BCUT2D eigenvalue weighted by molar-refractivity contribution is 14.0. The summed E-state index contributed by atoms with van der Waals surface area (Å²) in [7, 11) is 1.82. The summed E-state index contributed by atoms with van der Waals surface area (Å²) in [5.41, 5.74) is 0. The predicted molar refractivity (Wildman–Crippen MR) is 107 cm³/mol. The van der Waals surface area contributed by atoms with E-state index < -0.39 is 0 Å². The second-order valence-corrected chi connectivity index (χ2v) is 6.46. The van der Waals surface area contributed by atoms with Crippen molar-refractivity contribution in [2.24, 2.45) is 10.9 Å². The summed E-state index contributed by atoms with van der Waals surface area (Å²) in [6.45, 7) is 10.9. The fraction of sp³-hybridized carbons (Fsp3) is 0.875. The van der Waals surface area contributed by atoms with Crippen LogP contribution >= 0.6 is 24.0 Å². The standard InChI is InChI=1S/C16H31N5O2.HI/c1-13(2)15(22)18-5-6-19-16(17-3)21-7-4-14(12-21)20-8-10-23-11-9-20;/h13-14H,4-12H2,1-3H3,(H,17,19)(H,18,22);1H. The van der Waals surface area contributed by atoms with Crippen LogP contribution in [-0.4, -0.2) is 87.2 Å².